The van der Waals surface area contributed by atoms with Crippen LogP contribution < -0.4 is 5.32 Å². The van der Waals surface area contributed by atoms with Crippen molar-refractivity contribution < 1.29 is 4.79 Å². The van der Waals surface area contributed by atoms with Gasteiger partial charge in [-0.25, -0.2) is 0 Å². The molecule has 0 saturated heterocycles. The van der Waals surface area contributed by atoms with Crippen molar-refractivity contribution in [1.29, 1.82) is 0 Å². The summed E-state index contributed by atoms with van der Waals surface area (Å²) in [5, 5.41) is 3.14. The molecule has 0 radical (unpaired) electrons. The van der Waals surface area contributed by atoms with Gasteiger partial charge in [-0.15, -0.1) is 11.6 Å². The number of halogens is 2. The highest BCUT2D eigenvalue weighted by Crippen LogP contribution is 2.28. The van der Waals surface area contributed by atoms with Gasteiger partial charge in [0.25, 0.3) is 5.91 Å². The summed E-state index contributed by atoms with van der Waals surface area (Å²) in [4.78, 5) is 15.9. The normalized spacial score (nSPS) is 23.7. The Kier molecular flexibility index (Phi) is 5.01. The molecule has 0 aliphatic heterocycles. The minimum absolute atomic E-state index is 0.0850. The van der Waals surface area contributed by atoms with Gasteiger partial charge >= 0.3 is 0 Å². The van der Waals surface area contributed by atoms with Crippen molar-refractivity contribution in [2.24, 2.45) is 5.92 Å². The number of nitrogens with zero attached hydrogens (tertiary/aromatic N) is 1. The van der Waals surface area contributed by atoms with E-state index >= 15 is 0 Å². The van der Waals surface area contributed by atoms with Crippen LogP contribution in [0.2, 0.25) is 0 Å². The molecule has 5 heteroatoms. The molecule has 2 atom stereocenters. The van der Waals surface area contributed by atoms with Crippen LogP contribution in [0.3, 0.4) is 0 Å². The van der Waals surface area contributed by atoms with E-state index in [1.165, 1.54) is 12.8 Å². The molecule has 1 aromatic rings. The first-order valence-electron chi connectivity index (χ1n) is 6.19. The zero-order valence-electron chi connectivity index (χ0n) is 10.0. The molecular formula is C13H16BrClN2O. The lowest BCUT2D eigenvalue weighted by Crippen LogP contribution is -2.34. The van der Waals surface area contributed by atoms with Gasteiger partial charge in [0.05, 0.1) is 5.56 Å². The van der Waals surface area contributed by atoms with Gasteiger partial charge in [-0.3, -0.25) is 9.78 Å². The summed E-state index contributed by atoms with van der Waals surface area (Å²) in [7, 11) is 0. The third-order valence-corrected chi connectivity index (χ3v) is 4.32. The standard InChI is InChI=1S/C13H16BrClN2O/c14-11-5-10(6-16-8-11)13(18)17-7-9-3-1-2-4-12(9)15/h5-6,8-9,12H,1-4,7H2,(H,17,18). The Morgan fingerprint density at radius 3 is 2.94 bits per heavy atom. The Morgan fingerprint density at radius 1 is 1.44 bits per heavy atom. The van der Waals surface area contributed by atoms with Gasteiger partial charge in [0.2, 0.25) is 0 Å². The second-order valence-corrected chi connectivity index (χ2v) is 6.14. The quantitative estimate of drug-likeness (QED) is 0.863. The molecule has 2 rings (SSSR count). The maximum Gasteiger partial charge on any atom is 0.252 e. The first-order valence-corrected chi connectivity index (χ1v) is 7.42. The number of nitrogens with one attached hydrogen (secondary N) is 1. The number of alkyl halides is 1. The fraction of sp³-hybridized carbons (Fsp3) is 0.538. The summed E-state index contributed by atoms with van der Waals surface area (Å²) in [6.07, 6.45) is 7.80. The average Bonchev–Trinajstić information content (AvgIpc) is 2.37. The van der Waals surface area contributed by atoms with Crippen LogP contribution in [0.15, 0.2) is 22.9 Å². The van der Waals surface area contributed by atoms with Crippen molar-refractivity contribution in [3.05, 3.63) is 28.5 Å². The molecule has 0 spiro atoms. The fourth-order valence-electron chi connectivity index (χ4n) is 2.25. The first-order chi connectivity index (χ1) is 8.66. The van der Waals surface area contributed by atoms with E-state index in [0.29, 0.717) is 18.0 Å². The average molecular weight is 332 g/mol. The lowest BCUT2D eigenvalue weighted by Gasteiger charge is -2.27. The predicted octanol–water partition coefficient (Wildman–Crippen LogP) is 3.37. The van der Waals surface area contributed by atoms with Crippen molar-refractivity contribution in [3.63, 3.8) is 0 Å². The monoisotopic (exact) mass is 330 g/mol. The van der Waals surface area contributed by atoms with Gasteiger partial charge in [0, 0.05) is 28.8 Å². The van der Waals surface area contributed by atoms with Crippen LogP contribution in [0, 0.1) is 5.92 Å². The molecule has 1 saturated carbocycles. The molecule has 3 nitrogen and oxygen atoms in total. The van der Waals surface area contributed by atoms with Gasteiger partial charge in [-0.05, 0) is 40.8 Å². The number of hydrogen-bond acceptors (Lipinski definition) is 2. The van der Waals surface area contributed by atoms with Crippen LogP contribution in [0.4, 0.5) is 0 Å². The molecule has 98 valence electrons. The first kappa shape index (κ1) is 13.8. The molecule has 1 aliphatic carbocycles. The van der Waals surface area contributed by atoms with E-state index in [2.05, 4.69) is 26.2 Å². The Balaban J connectivity index is 1.88. The third-order valence-electron chi connectivity index (χ3n) is 3.31. The van der Waals surface area contributed by atoms with E-state index in [-0.39, 0.29) is 11.3 Å². The maximum absolute atomic E-state index is 11.9. The van der Waals surface area contributed by atoms with Gasteiger partial charge in [-0.1, -0.05) is 12.8 Å². The Labute approximate surface area is 120 Å². The minimum Gasteiger partial charge on any atom is -0.352 e. The fourth-order valence-corrected chi connectivity index (χ4v) is 2.99. The summed E-state index contributed by atoms with van der Waals surface area (Å²) >= 11 is 9.57. The lowest BCUT2D eigenvalue weighted by molar-refractivity contribution is 0.0943. The van der Waals surface area contributed by atoms with Crippen LogP contribution >= 0.6 is 27.5 Å². The van der Waals surface area contributed by atoms with Crippen LogP contribution in [0.5, 0.6) is 0 Å². The minimum atomic E-state index is -0.0850. The Hall–Kier alpha value is -0.610. The molecule has 1 aromatic heterocycles. The van der Waals surface area contributed by atoms with Crippen LogP contribution in [-0.4, -0.2) is 22.8 Å². The number of carbonyl (C=O) groups excluding carboxylic acids is 1. The Morgan fingerprint density at radius 2 is 2.22 bits per heavy atom. The van der Waals surface area contributed by atoms with Gasteiger partial charge in [0.15, 0.2) is 0 Å². The molecule has 0 aromatic carbocycles. The Bertz CT molecular complexity index is 427. The lowest BCUT2D eigenvalue weighted by atomic mass is 9.88. The second-order valence-electron chi connectivity index (χ2n) is 4.66. The summed E-state index contributed by atoms with van der Waals surface area (Å²) < 4.78 is 0.808. The predicted molar refractivity (Wildman–Crippen MR) is 75.9 cm³/mol. The van der Waals surface area contributed by atoms with Gasteiger partial charge in [0.1, 0.15) is 0 Å². The molecule has 0 bridgehead atoms. The molecular weight excluding hydrogens is 316 g/mol. The highest BCUT2D eigenvalue weighted by molar-refractivity contribution is 9.10. The summed E-state index contributed by atoms with van der Waals surface area (Å²) in [5.74, 6) is 0.308. The highest BCUT2D eigenvalue weighted by atomic mass is 79.9. The molecule has 1 amide bonds. The van der Waals surface area contributed by atoms with Gasteiger partial charge in [-0.2, -0.15) is 0 Å². The van der Waals surface area contributed by atoms with E-state index in [1.807, 2.05) is 0 Å². The number of pyridine rings is 1. The van der Waals surface area contributed by atoms with Gasteiger partial charge < -0.3 is 5.32 Å². The van der Waals surface area contributed by atoms with Crippen molar-refractivity contribution in [2.75, 3.05) is 6.54 Å². The number of rotatable bonds is 3. The zero-order valence-corrected chi connectivity index (χ0v) is 12.4. The second kappa shape index (κ2) is 6.53. The number of hydrogen-bond donors (Lipinski definition) is 1. The maximum atomic E-state index is 11.9. The van der Waals surface area contributed by atoms with E-state index in [1.54, 1.807) is 18.5 Å². The molecule has 2 unspecified atom stereocenters. The van der Waals surface area contributed by atoms with Crippen molar-refractivity contribution in [3.8, 4) is 0 Å². The molecule has 1 N–H and O–H groups in total. The van der Waals surface area contributed by atoms with Crippen molar-refractivity contribution in [1.82, 2.24) is 10.3 Å². The van der Waals surface area contributed by atoms with Crippen LogP contribution in [-0.2, 0) is 0 Å². The van der Waals surface area contributed by atoms with Crippen LogP contribution in [0.25, 0.3) is 0 Å². The number of carbonyl (C=O) groups is 1. The van der Waals surface area contributed by atoms with Crippen LogP contribution in [0.1, 0.15) is 36.0 Å². The molecule has 1 heterocycles. The van der Waals surface area contributed by atoms with E-state index in [4.69, 9.17) is 11.6 Å². The summed E-state index contributed by atoms with van der Waals surface area (Å²) in [5.41, 5.74) is 0.575. The summed E-state index contributed by atoms with van der Waals surface area (Å²) in [6.45, 7) is 0.652. The third kappa shape index (κ3) is 3.69. The highest BCUT2D eigenvalue weighted by Gasteiger charge is 2.23. The largest absolute Gasteiger partial charge is 0.352 e. The number of aromatic nitrogens is 1. The van der Waals surface area contributed by atoms with E-state index < -0.39 is 0 Å². The van der Waals surface area contributed by atoms with E-state index in [9.17, 15) is 4.79 Å². The smallest absolute Gasteiger partial charge is 0.252 e. The van der Waals surface area contributed by atoms with Crippen molar-refractivity contribution >= 4 is 33.4 Å². The number of amides is 1. The molecule has 18 heavy (non-hydrogen) atoms. The molecule has 1 fully saturated rings. The molecule has 1 aliphatic rings. The topological polar surface area (TPSA) is 42.0 Å². The SMILES string of the molecule is O=C(NCC1CCCCC1Cl)c1cncc(Br)c1. The van der Waals surface area contributed by atoms with Crippen molar-refractivity contribution in [2.45, 2.75) is 31.1 Å². The van der Waals surface area contributed by atoms with E-state index in [0.717, 1.165) is 17.3 Å². The summed E-state index contributed by atoms with van der Waals surface area (Å²) in [6, 6.07) is 1.77. The zero-order chi connectivity index (χ0) is 13.0.